The van der Waals surface area contributed by atoms with E-state index in [-0.39, 0.29) is 11.6 Å². The third-order valence-electron chi connectivity index (χ3n) is 5.48. The van der Waals surface area contributed by atoms with E-state index < -0.39 is 22.0 Å². The maximum Gasteiger partial charge on any atom is 0.375 e. The molecule has 0 saturated heterocycles. The summed E-state index contributed by atoms with van der Waals surface area (Å²) in [6.07, 6.45) is 3.98. The van der Waals surface area contributed by atoms with Crippen molar-refractivity contribution in [2.24, 2.45) is 0 Å². The molecule has 9 nitrogen and oxygen atoms in total. The number of anilines is 2. The molecule has 3 aromatic rings. The molecule has 14 heteroatoms. The number of fused-ring (bicyclic) bond motifs is 2. The SMILES string of the molecule is CCC(/C=C1/N(CC)c2cc(Cl)c(Cl)cc2N1CS(=O)(=O)[O-])=C\c1oc2sc(I)cc2[n+]1CC(=O)O. The van der Waals surface area contributed by atoms with Gasteiger partial charge >= 0.3 is 11.9 Å². The summed E-state index contributed by atoms with van der Waals surface area (Å²) in [7, 11) is -4.65. The van der Waals surface area contributed by atoms with Crippen molar-refractivity contribution in [2.75, 3.05) is 22.2 Å². The number of allylic oxidation sites excluding steroid dienone is 2. The van der Waals surface area contributed by atoms with E-state index in [9.17, 15) is 22.9 Å². The molecule has 0 spiro atoms. The number of nitrogens with zero attached hydrogens (tertiary/aromatic N) is 3. The molecule has 0 radical (unpaired) electrons. The molecule has 0 bridgehead atoms. The second-order valence-electron chi connectivity index (χ2n) is 7.83. The second kappa shape index (κ2) is 10.5. The van der Waals surface area contributed by atoms with Crippen LogP contribution in [0.25, 0.3) is 16.5 Å². The van der Waals surface area contributed by atoms with Crippen LogP contribution in [-0.2, 0) is 21.5 Å². The van der Waals surface area contributed by atoms with Gasteiger partial charge in [0.1, 0.15) is 21.8 Å². The van der Waals surface area contributed by atoms with Crippen LogP contribution in [0, 0.1) is 2.88 Å². The van der Waals surface area contributed by atoms with Crippen LogP contribution in [0.2, 0.25) is 10.0 Å². The first-order chi connectivity index (χ1) is 16.9. The van der Waals surface area contributed by atoms with E-state index >= 15 is 0 Å². The molecule has 1 N–H and O–H groups in total. The number of aliphatic carboxylic acids is 1. The van der Waals surface area contributed by atoms with Gasteiger partial charge in [-0.2, -0.15) is 0 Å². The van der Waals surface area contributed by atoms with Crippen LogP contribution in [-0.4, -0.2) is 36.5 Å². The van der Waals surface area contributed by atoms with Gasteiger partial charge in [0.2, 0.25) is 6.54 Å². The van der Waals surface area contributed by atoms with Crippen LogP contribution in [0.3, 0.4) is 0 Å². The van der Waals surface area contributed by atoms with Crippen LogP contribution in [0.1, 0.15) is 26.2 Å². The molecule has 0 fully saturated rings. The smallest absolute Gasteiger partial charge is 0.375 e. The van der Waals surface area contributed by atoms with Crippen molar-refractivity contribution >= 4 is 101 Å². The molecule has 2 aromatic heterocycles. The van der Waals surface area contributed by atoms with Gasteiger partial charge in [-0.1, -0.05) is 41.5 Å². The van der Waals surface area contributed by atoms with E-state index in [0.717, 1.165) is 8.46 Å². The predicted molar refractivity (Wildman–Crippen MR) is 148 cm³/mol. The normalized spacial score (nSPS) is 15.4. The third kappa shape index (κ3) is 5.53. The van der Waals surface area contributed by atoms with Crippen molar-refractivity contribution in [3.63, 3.8) is 0 Å². The Morgan fingerprint density at radius 1 is 1.22 bits per heavy atom. The van der Waals surface area contributed by atoms with Crippen molar-refractivity contribution in [3.05, 3.63) is 54.5 Å². The molecular formula is C22H20Cl2IN3O6S2. The number of thiophene rings is 1. The number of rotatable bonds is 8. The fraction of sp³-hybridized carbons (Fsp3) is 0.273. The number of carboxylic acid groups (broad SMARTS) is 1. The first-order valence-corrected chi connectivity index (χ1v) is 14.9. The van der Waals surface area contributed by atoms with Gasteiger partial charge in [-0.05, 0) is 59.7 Å². The van der Waals surface area contributed by atoms with Gasteiger partial charge in [-0.25, -0.2) is 13.2 Å². The van der Waals surface area contributed by atoms with E-state index in [4.69, 9.17) is 27.6 Å². The number of halogens is 3. The van der Waals surface area contributed by atoms with Crippen LogP contribution in [0.4, 0.5) is 11.4 Å². The summed E-state index contributed by atoms with van der Waals surface area (Å²) in [5, 5.41) is 9.96. The van der Waals surface area contributed by atoms with Gasteiger partial charge in [0.25, 0.3) is 10.4 Å². The molecular weight excluding hydrogens is 664 g/mol. The molecule has 1 aliphatic heterocycles. The predicted octanol–water partition coefficient (Wildman–Crippen LogP) is 5.26. The maximum atomic E-state index is 11.8. The number of hydrogen-bond donors (Lipinski definition) is 1. The number of oxazole rings is 1. The van der Waals surface area contributed by atoms with Gasteiger partial charge in [0.15, 0.2) is 0 Å². The molecule has 0 saturated carbocycles. The van der Waals surface area contributed by atoms with Gasteiger partial charge in [0, 0.05) is 12.6 Å². The standard InChI is InChI=1S/C22H20Cl2IN3O6S2/c1-3-12(6-20-27(10-21(29)30)17-9-18(25)35-22(17)34-20)5-19-26(4-2)15-7-13(23)14(24)8-16(15)28(19)11-36(31,32)33/h5-9H,3-4,10-11H2,1-2H3,(H-,29,30,31,32,33). The Balaban J connectivity index is 1.87. The lowest BCUT2D eigenvalue weighted by molar-refractivity contribution is -0.666. The lowest BCUT2D eigenvalue weighted by atomic mass is 10.1. The summed E-state index contributed by atoms with van der Waals surface area (Å²) in [4.78, 5) is 15.3. The summed E-state index contributed by atoms with van der Waals surface area (Å²) in [6, 6.07) is 5.02. The summed E-state index contributed by atoms with van der Waals surface area (Å²) < 4.78 is 43.9. The van der Waals surface area contributed by atoms with Crippen molar-refractivity contribution in [1.82, 2.24) is 0 Å². The van der Waals surface area contributed by atoms with Gasteiger partial charge in [0.05, 0.1) is 30.4 Å². The average molecular weight is 684 g/mol. The Hall–Kier alpha value is -1.84. The van der Waals surface area contributed by atoms with Crippen LogP contribution in [0.5, 0.6) is 0 Å². The Morgan fingerprint density at radius 2 is 1.86 bits per heavy atom. The number of carboxylic acids is 1. The minimum Gasteiger partial charge on any atom is -0.747 e. The van der Waals surface area contributed by atoms with E-state index in [0.29, 0.717) is 51.5 Å². The highest BCUT2D eigenvalue weighted by molar-refractivity contribution is 14.1. The van der Waals surface area contributed by atoms with E-state index in [1.165, 1.54) is 22.3 Å². The highest BCUT2D eigenvalue weighted by atomic mass is 127. The van der Waals surface area contributed by atoms with Crippen molar-refractivity contribution in [1.29, 1.82) is 0 Å². The lowest BCUT2D eigenvalue weighted by Gasteiger charge is -2.26. The molecule has 3 heterocycles. The zero-order chi connectivity index (χ0) is 26.4. The molecule has 0 aliphatic carbocycles. The summed E-state index contributed by atoms with van der Waals surface area (Å²) in [5.41, 5.74) is 2.46. The first-order valence-electron chi connectivity index (χ1n) is 10.6. The van der Waals surface area contributed by atoms with Crippen molar-refractivity contribution in [3.8, 4) is 0 Å². The molecule has 192 valence electrons. The Kier molecular flexibility index (Phi) is 7.93. The molecule has 0 unspecified atom stereocenters. The van der Waals surface area contributed by atoms with Crippen molar-refractivity contribution in [2.45, 2.75) is 26.8 Å². The quantitative estimate of drug-likeness (QED) is 0.194. The minimum atomic E-state index is -4.65. The van der Waals surface area contributed by atoms with Crippen LogP contribution >= 0.6 is 57.1 Å². The summed E-state index contributed by atoms with van der Waals surface area (Å²) in [5.74, 6) is -1.02. The topological polar surface area (TPSA) is 118 Å². The van der Waals surface area contributed by atoms with Crippen LogP contribution in [0.15, 0.2) is 40.1 Å². The number of benzene rings is 1. The van der Waals surface area contributed by atoms with Crippen LogP contribution < -0.4 is 14.4 Å². The number of aromatic nitrogens is 1. The summed E-state index contributed by atoms with van der Waals surface area (Å²) >= 11 is 16.0. The molecule has 0 atom stereocenters. The zero-order valence-electron chi connectivity index (χ0n) is 19.0. The van der Waals surface area contributed by atoms with E-state index in [1.54, 1.807) is 22.8 Å². The Labute approximate surface area is 235 Å². The Morgan fingerprint density at radius 3 is 2.42 bits per heavy atom. The molecule has 36 heavy (non-hydrogen) atoms. The van der Waals surface area contributed by atoms with Gasteiger partial charge in [-0.3, -0.25) is 0 Å². The van der Waals surface area contributed by atoms with Gasteiger partial charge in [-0.15, -0.1) is 4.57 Å². The van der Waals surface area contributed by atoms with E-state index in [2.05, 4.69) is 22.6 Å². The largest absolute Gasteiger partial charge is 0.747 e. The molecule has 1 aliphatic rings. The summed E-state index contributed by atoms with van der Waals surface area (Å²) in [6.45, 7) is 3.95. The fourth-order valence-electron chi connectivity index (χ4n) is 3.98. The third-order valence-corrected chi connectivity index (χ3v) is 8.54. The highest BCUT2D eigenvalue weighted by Crippen LogP contribution is 2.46. The molecule has 1 aromatic carbocycles. The van der Waals surface area contributed by atoms with Gasteiger partial charge < -0.3 is 23.9 Å². The van der Waals surface area contributed by atoms with Crippen molar-refractivity contribution < 1.29 is 31.9 Å². The maximum absolute atomic E-state index is 11.8. The number of hydrogen-bond acceptors (Lipinski definition) is 8. The monoisotopic (exact) mass is 683 g/mol. The Bertz CT molecular complexity index is 1530. The highest BCUT2D eigenvalue weighted by Gasteiger charge is 2.33. The van der Waals surface area contributed by atoms with E-state index in [1.807, 2.05) is 24.8 Å². The first kappa shape index (κ1) is 27.2. The second-order valence-corrected chi connectivity index (χ2v) is 12.9. The minimum absolute atomic E-state index is 0.229. The average Bonchev–Trinajstić information content (AvgIpc) is 3.37. The lowest BCUT2D eigenvalue weighted by Crippen LogP contribution is -2.39. The number of carbonyl (C=O) groups is 1. The molecule has 0 amide bonds. The fourth-order valence-corrected chi connectivity index (χ4v) is 6.52. The molecule has 4 rings (SSSR count). The zero-order valence-corrected chi connectivity index (χ0v) is 24.3.